The van der Waals surface area contributed by atoms with Crippen LogP contribution in [0, 0.1) is 6.92 Å². The Morgan fingerprint density at radius 3 is 2.65 bits per heavy atom. The van der Waals surface area contributed by atoms with Crippen molar-refractivity contribution in [2.75, 3.05) is 5.32 Å². The smallest absolute Gasteiger partial charge is 0.248 e. The lowest BCUT2D eigenvalue weighted by Crippen LogP contribution is -2.32. The maximum Gasteiger partial charge on any atom is 0.248 e. The van der Waals surface area contributed by atoms with Crippen LogP contribution in [0.25, 0.3) is 0 Å². The van der Waals surface area contributed by atoms with Gasteiger partial charge in [-0.05, 0) is 47.3 Å². The Morgan fingerprint density at radius 1 is 1.41 bits per heavy atom. The normalized spacial score (nSPS) is 20.2. The summed E-state index contributed by atoms with van der Waals surface area (Å²) in [5, 5.41) is 3.22. The van der Waals surface area contributed by atoms with E-state index in [1.807, 2.05) is 13.0 Å². The number of aryl methyl sites for hydroxylation is 1. The number of pyridine rings is 1. The fraction of sp³-hybridized carbons (Fsp3) is 0.583. The molecule has 5 heteroatoms. The summed E-state index contributed by atoms with van der Waals surface area (Å²) in [6.07, 6.45) is 2.68. The lowest BCUT2D eigenvalue weighted by Gasteiger charge is -2.29. The Labute approximate surface area is 108 Å². The van der Waals surface area contributed by atoms with Gasteiger partial charge in [-0.3, -0.25) is 0 Å². The molecule has 0 radical (unpaired) electrons. The molecule has 17 heavy (non-hydrogen) atoms. The van der Waals surface area contributed by atoms with Crippen LogP contribution in [0.5, 0.6) is 0 Å². The Morgan fingerprint density at radius 2 is 2.06 bits per heavy atom. The van der Waals surface area contributed by atoms with Crippen LogP contribution in [0.1, 0.15) is 31.2 Å². The molecule has 0 aromatic carbocycles. The fourth-order valence-electron chi connectivity index (χ4n) is 2.01. The zero-order valence-electron chi connectivity index (χ0n) is 9.64. The van der Waals surface area contributed by atoms with Gasteiger partial charge in [0, 0.05) is 29.6 Å². The highest BCUT2D eigenvalue weighted by Gasteiger charge is 2.34. The van der Waals surface area contributed by atoms with Gasteiger partial charge in [0.15, 0.2) is 0 Å². The molecular weight excluding hydrogens is 290 g/mol. The van der Waals surface area contributed by atoms with Crippen LogP contribution in [-0.4, -0.2) is 16.9 Å². The van der Waals surface area contributed by atoms with Crippen molar-refractivity contribution in [1.82, 2.24) is 4.98 Å². The molecule has 1 aliphatic rings. The van der Waals surface area contributed by atoms with Gasteiger partial charge >= 0.3 is 0 Å². The van der Waals surface area contributed by atoms with E-state index in [-0.39, 0.29) is 18.9 Å². The molecule has 1 N–H and O–H groups in total. The van der Waals surface area contributed by atoms with Crippen LogP contribution in [0.3, 0.4) is 0 Å². The van der Waals surface area contributed by atoms with Crippen LogP contribution in [0.2, 0.25) is 0 Å². The molecule has 0 spiro atoms. The summed E-state index contributed by atoms with van der Waals surface area (Å²) >= 11 is 3.38. The van der Waals surface area contributed by atoms with Gasteiger partial charge in [-0.15, -0.1) is 0 Å². The number of anilines is 1. The van der Waals surface area contributed by atoms with Gasteiger partial charge in [0.2, 0.25) is 5.92 Å². The van der Waals surface area contributed by atoms with Gasteiger partial charge < -0.3 is 5.32 Å². The lowest BCUT2D eigenvalue weighted by molar-refractivity contribution is -0.0361. The zero-order valence-corrected chi connectivity index (χ0v) is 11.2. The Kier molecular flexibility index (Phi) is 3.66. The third-order valence-electron chi connectivity index (χ3n) is 3.12. The minimum atomic E-state index is -2.47. The SMILES string of the molecule is Cc1cc(NC2CCC(F)(F)CC2)ncc1Br. The lowest BCUT2D eigenvalue weighted by atomic mass is 9.92. The minimum absolute atomic E-state index is 0.0276. The Balaban J connectivity index is 1.95. The molecule has 0 bridgehead atoms. The topological polar surface area (TPSA) is 24.9 Å². The third-order valence-corrected chi connectivity index (χ3v) is 3.95. The van der Waals surface area contributed by atoms with Gasteiger partial charge in [-0.1, -0.05) is 0 Å². The molecule has 0 amide bonds. The van der Waals surface area contributed by atoms with E-state index in [2.05, 4.69) is 26.2 Å². The van der Waals surface area contributed by atoms with Crippen molar-refractivity contribution >= 4 is 21.7 Å². The number of nitrogens with one attached hydrogen (secondary N) is 1. The van der Waals surface area contributed by atoms with Crippen molar-refractivity contribution in [3.8, 4) is 0 Å². The van der Waals surface area contributed by atoms with Crippen LogP contribution >= 0.6 is 15.9 Å². The number of rotatable bonds is 2. The van der Waals surface area contributed by atoms with Crippen molar-refractivity contribution in [1.29, 1.82) is 0 Å². The monoisotopic (exact) mass is 304 g/mol. The second-order valence-corrected chi connectivity index (χ2v) is 5.45. The highest BCUT2D eigenvalue weighted by Crippen LogP contribution is 2.34. The molecule has 0 aliphatic heterocycles. The van der Waals surface area contributed by atoms with Crippen molar-refractivity contribution in [2.24, 2.45) is 0 Å². The van der Waals surface area contributed by atoms with E-state index in [1.54, 1.807) is 6.20 Å². The first kappa shape index (κ1) is 12.7. The first-order valence-electron chi connectivity index (χ1n) is 5.73. The first-order chi connectivity index (χ1) is 7.96. The van der Waals surface area contributed by atoms with E-state index in [4.69, 9.17) is 0 Å². The van der Waals surface area contributed by atoms with Crippen LogP contribution in [-0.2, 0) is 0 Å². The van der Waals surface area contributed by atoms with Gasteiger partial charge in [-0.2, -0.15) is 0 Å². The summed E-state index contributed by atoms with van der Waals surface area (Å²) < 4.78 is 26.9. The van der Waals surface area contributed by atoms with E-state index in [0.29, 0.717) is 12.8 Å². The second-order valence-electron chi connectivity index (χ2n) is 4.59. The summed E-state index contributed by atoms with van der Waals surface area (Å²) in [6.45, 7) is 1.98. The molecule has 94 valence electrons. The molecule has 0 unspecified atom stereocenters. The molecule has 1 heterocycles. The van der Waals surface area contributed by atoms with Crippen LogP contribution < -0.4 is 5.32 Å². The summed E-state index contributed by atoms with van der Waals surface area (Å²) in [4.78, 5) is 4.22. The molecule has 1 saturated carbocycles. The van der Waals surface area contributed by atoms with Crippen LogP contribution in [0.15, 0.2) is 16.7 Å². The number of hydrogen-bond donors (Lipinski definition) is 1. The number of nitrogens with zero attached hydrogens (tertiary/aromatic N) is 1. The average Bonchev–Trinajstić information content (AvgIpc) is 2.27. The molecule has 2 nitrogen and oxygen atoms in total. The predicted octanol–water partition coefficient (Wildman–Crippen LogP) is 4.14. The van der Waals surface area contributed by atoms with Crippen molar-refractivity contribution < 1.29 is 8.78 Å². The van der Waals surface area contributed by atoms with E-state index >= 15 is 0 Å². The van der Waals surface area contributed by atoms with Gasteiger partial charge in [0.05, 0.1) is 0 Å². The number of alkyl halides is 2. The van der Waals surface area contributed by atoms with E-state index in [0.717, 1.165) is 15.9 Å². The quantitative estimate of drug-likeness (QED) is 0.888. The van der Waals surface area contributed by atoms with Crippen molar-refractivity contribution in [2.45, 2.75) is 44.6 Å². The second kappa shape index (κ2) is 4.88. The molecule has 1 aromatic rings. The predicted molar refractivity (Wildman–Crippen MR) is 67.5 cm³/mol. The maximum absolute atomic E-state index is 13.0. The van der Waals surface area contributed by atoms with E-state index in [1.165, 1.54) is 0 Å². The van der Waals surface area contributed by atoms with Gasteiger partial charge in [0.1, 0.15) is 5.82 Å². The Bertz CT molecular complexity index is 399. The summed E-state index contributed by atoms with van der Waals surface area (Å²) in [5.41, 5.74) is 1.09. The highest BCUT2D eigenvalue weighted by molar-refractivity contribution is 9.10. The number of hydrogen-bond acceptors (Lipinski definition) is 2. The summed E-state index contributed by atoms with van der Waals surface area (Å²) in [6, 6.07) is 2.04. The van der Waals surface area contributed by atoms with Crippen LogP contribution in [0.4, 0.5) is 14.6 Å². The van der Waals surface area contributed by atoms with Gasteiger partial charge in [-0.25, -0.2) is 13.8 Å². The molecule has 1 fully saturated rings. The molecule has 0 saturated heterocycles. The number of aromatic nitrogens is 1. The molecule has 1 aliphatic carbocycles. The summed E-state index contributed by atoms with van der Waals surface area (Å²) in [7, 11) is 0. The summed E-state index contributed by atoms with van der Waals surface area (Å²) in [5.74, 6) is -1.71. The minimum Gasteiger partial charge on any atom is -0.367 e. The molecule has 2 rings (SSSR count). The van der Waals surface area contributed by atoms with Crippen molar-refractivity contribution in [3.05, 3.63) is 22.3 Å². The number of halogens is 3. The molecule has 1 aromatic heterocycles. The van der Waals surface area contributed by atoms with E-state index in [9.17, 15) is 8.78 Å². The van der Waals surface area contributed by atoms with Crippen molar-refractivity contribution in [3.63, 3.8) is 0 Å². The maximum atomic E-state index is 13.0. The standard InChI is InChI=1S/C12H15BrF2N2/c1-8-6-11(16-7-10(8)13)17-9-2-4-12(14,15)5-3-9/h6-7,9H,2-5H2,1H3,(H,16,17). The largest absolute Gasteiger partial charge is 0.367 e. The fourth-order valence-corrected chi connectivity index (χ4v) is 2.23. The highest BCUT2D eigenvalue weighted by atomic mass is 79.9. The third kappa shape index (κ3) is 3.37. The molecule has 0 atom stereocenters. The Hall–Kier alpha value is -0.710. The first-order valence-corrected chi connectivity index (χ1v) is 6.52. The average molecular weight is 305 g/mol. The van der Waals surface area contributed by atoms with Gasteiger partial charge in [0.25, 0.3) is 0 Å². The zero-order chi connectivity index (χ0) is 12.5. The molecular formula is C12H15BrF2N2. The van der Waals surface area contributed by atoms with E-state index < -0.39 is 5.92 Å².